The second kappa shape index (κ2) is 6.92. The lowest BCUT2D eigenvalue weighted by atomic mass is 10.2. The molecule has 2 rings (SSSR count). The first-order valence-corrected chi connectivity index (χ1v) is 9.37. The average molecular weight is 389 g/mol. The summed E-state index contributed by atoms with van der Waals surface area (Å²) in [5.74, 6) is 0. The Hall–Kier alpha value is -0.880. The van der Waals surface area contributed by atoms with Gasteiger partial charge in [-0.2, -0.15) is 0 Å². The number of sulfone groups is 1. The maximum absolute atomic E-state index is 11.8. The van der Waals surface area contributed by atoms with Gasteiger partial charge >= 0.3 is 0 Å². The minimum absolute atomic E-state index is 0.275. The van der Waals surface area contributed by atoms with E-state index >= 15 is 0 Å². The highest BCUT2D eigenvalue weighted by atomic mass is 79.9. The van der Waals surface area contributed by atoms with Gasteiger partial charge in [-0.05, 0) is 29.8 Å². The summed E-state index contributed by atoms with van der Waals surface area (Å²) in [7, 11) is -3.29. The van der Waals surface area contributed by atoms with Gasteiger partial charge in [0.15, 0.2) is 9.84 Å². The Kier molecular flexibility index (Phi) is 5.43. The van der Waals surface area contributed by atoms with Gasteiger partial charge in [-0.25, -0.2) is 8.42 Å². The van der Waals surface area contributed by atoms with Crippen molar-refractivity contribution in [3.05, 3.63) is 63.1 Å². The van der Waals surface area contributed by atoms with Crippen LogP contribution in [0.3, 0.4) is 0 Å². The second-order valence-electron chi connectivity index (χ2n) is 4.72. The Balaban J connectivity index is 2.14. The van der Waals surface area contributed by atoms with Crippen molar-refractivity contribution in [3.8, 4) is 0 Å². The molecule has 0 radical (unpaired) electrons. The van der Waals surface area contributed by atoms with Gasteiger partial charge in [0.2, 0.25) is 0 Å². The van der Waals surface area contributed by atoms with Crippen molar-refractivity contribution in [1.82, 2.24) is 5.32 Å². The predicted octanol–water partition coefficient (Wildman–Crippen LogP) is 3.80. The first-order chi connectivity index (χ1) is 9.88. The summed E-state index contributed by atoms with van der Waals surface area (Å²) in [6.07, 6.45) is 1.19. The molecule has 0 aliphatic heterocycles. The lowest BCUT2D eigenvalue weighted by Gasteiger charge is -2.11. The van der Waals surface area contributed by atoms with Crippen LogP contribution >= 0.6 is 27.5 Å². The van der Waals surface area contributed by atoms with Crippen molar-refractivity contribution in [2.45, 2.75) is 18.0 Å². The maximum atomic E-state index is 11.8. The average Bonchev–Trinajstić information content (AvgIpc) is 2.39. The van der Waals surface area contributed by atoms with Crippen LogP contribution in [0, 0.1) is 0 Å². The first-order valence-electron chi connectivity index (χ1n) is 6.30. The van der Waals surface area contributed by atoms with Crippen LogP contribution in [0.5, 0.6) is 0 Å². The Morgan fingerprint density at radius 2 is 1.86 bits per heavy atom. The highest BCUT2D eigenvalue weighted by Crippen LogP contribution is 2.24. The standard InChI is InChI=1S/C15H15BrClNO2S/c1-21(19,20)15-7-3-6-14(17)13(15)10-18-9-11-4-2-5-12(16)8-11/h2-8,18H,9-10H2,1H3. The molecule has 0 heterocycles. The third kappa shape index (κ3) is 4.54. The SMILES string of the molecule is CS(=O)(=O)c1cccc(Cl)c1CNCc1cccc(Br)c1. The summed E-state index contributed by atoms with van der Waals surface area (Å²) in [6.45, 7) is 1.03. The third-order valence-corrected chi connectivity index (χ3v) is 5.02. The number of hydrogen-bond acceptors (Lipinski definition) is 3. The van der Waals surface area contributed by atoms with E-state index in [0.29, 0.717) is 23.7 Å². The number of hydrogen-bond donors (Lipinski definition) is 1. The molecule has 0 bridgehead atoms. The van der Waals surface area contributed by atoms with Gasteiger partial charge in [0.1, 0.15) is 0 Å². The molecule has 0 aliphatic rings. The Morgan fingerprint density at radius 3 is 2.52 bits per heavy atom. The van der Waals surface area contributed by atoms with Crippen molar-refractivity contribution in [2.75, 3.05) is 6.26 Å². The normalized spacial score (nSPS) is 11.6. The topological polar surface area (TPSA) is 46.2 Å². The number of nitrogens with one attached hydrogen (secondary N) is 1. The lowest BCUT2D eigenvalue weighted by Crippen LogP contribution is -2.15. The van der Waals surface area contributed by atoms with Crippen LogP contribution in [0.2, 0.25) is 5.02 Å². The molecular formula is C15H15BrClNO2S. The minimum Gasteiger partial charge on any atom is -0.309 e. The molecule has 0 aliphatic carbocycles. The lowest BCUT2D eigenvalue weighted by molar-refractivity contribution is 0.598. The summed E-state index contributed by atoms with van der Waals surface area (Å²) >= 11 is 9.55. The van der Waals surface area contributed by atoms with Crippen molar-refractivity contribution in [2.24, 2.45) is 0 Å². The van der Waals surface area contributed by atoms with Crippen LogP contribution in [-0.4, -0.2) is 14.7 Å². The van der Waals surface area contributed by atoms with Gasteiger partial charge in [-0.3, -0.25) is 0 Å². The number of halogens is 2. The van der Waals surface area contributed by atoms with Crippen LogP contribution in [0.15, 0.2) is 51.8 Å². The van der Waals surface area contributed by atoms with Gasteiger partial charge in [-0.1, -0.05) is 45.7 Å². The molecule has 6 heteroatoms. The van der Waals surface area contributed by atoms with Crippen LogP contribution < -0.4 is 5.32 Å². The Morgan fingerprint density at radius 1 is 1.14 bits per heavy atom. The van der Waals surface area contributed by atoms with Gasteiger partial charge in [0.25, 0.3) is 0 Å². The fourth-order valence-electron chi connectivity index (χ4n) is 2.04. The van der Waals surface area contributed by atoms with E-state index in [-0.39, 0.29) is 4.90 Å². The summed E-state index contributed by atoms with van der Waals surface area (Å²) in [5.41, 5.74) is 1.72. The van der Waals surface area contributed by atoms with Crippen LogP contribution in [0.1, 0.15) is 11.1 Å². The van der Waals surface area contributed by atoms with Crippen molar-refractivity contribution in [3.63, 3.8) is 0 Å². The van der Waals surface area contributed by atoms with Gasteiger partial charge in [0, 0.05) is 34.4 Å². The highest BCUT2D eigenvalue weighted by Gasteiger charge is 2.15. The maximum Gasteiger partial charge on any atom is 0.175 e. The molecule has 0 amide bonds. The minimum atomic E-state index is -3.29. The zero-order valence-electron chi connectivity index (χ0n) is 11.4. The second-order valence-corrected chi connectivity index (χ2v) is 8.03. The highest BCUT2D eigenvalue weighted by molar-refractivity contribution is 9.10. The van der Waals surface area contributed by atoms with E-state index in [9.17, 15) is 8.42 Å². The molecule has 0 unspecified atom stereocenters. The van der Waals surface area contributed by atoms with Crippen molar-refractivity contribution in [1.29, 1.82) is 0 Å². The van der Waals surface area contributed by atoms with Crippen LogP contribution in [0.4, 0.5) is 0 Å². The molecule has 0 saturated heterocycles. The summed E-state index contributed by atoms with van der Waals surface area (Å²) in [4.78, 5) is 0.275. The molecule has 2 aromatic rings. The van der Waals surface area contributed by atoms with Crippen LogP contribution in [0.25, 0.3) is 0 Å². The summed E-state index contributed by atoms with van der Waals surface area (Å²) < 4.78 is 24.6. The van der Waals surface area contributed by atoms with Gasteiger partial charge in [-0.15, -0.1) is 0 Å². The van der Waals surface area contributed by atoms with Crippen molar-refractivity contribution < 1.29 is 8.42 Å². The third-order valence-electron chi connectivity index (χ3n) is 3.00. The van der Waals surface area contributed by atoms with E-state index in [0.717, 1.165) is 10.0 Å². The summed E-state index contributed by atoms with van der Waals surface area (Å²) in [5, 5.41) is 3.69. The Labute approximate surface area is 138 Å². The van der Waals surface area contributed by atoms with E-state index in [1.165, 1.54) is 6.26 Å². The van der Waals surface area contributed by atoms with Crippen LogP contribution in [-0.2, 0) is 22.9 Å². The zero-order chi connectivity index (χ0) is 15.5. The van der Waals surface area contributed by atoms with E-state index < -0.39 is 9.84 Å². The largest absolute Gasteiger partial charge is 0.309 e. The molecule has 0 atom stereocenters. The van der Waals surface area contributed by atoms with E-state index in [4.69, 9.17) is 11.6 Å². The zero-order valence-corrected chi connectivity index (χ0v) is 14.6. The molecule has 3 nitrogen and oxygen atoms in total. The molecule has 1 N–H and O–H groups in total. The molecule has 112 valence electrons. The molecular weight excluding hydrogens is 374 g/mol. The molecule has 0 spiro atoms. The molecule has 0 aromatic heterocycles. The van der Waals surface area contributed by atoms with Gasteiger partial charge in [0.05, 0.1) is 4.90 Å². The molecule has 2 aromatic carbocycles. The molecule has 21 heavy (non-hydrogen) atoms. The van der Waals surface area contributed by atoms with E-state index in [1.807, 2.05) is 24.3 Å². The fourth-order valence-corrected chi connectivity index (χ4v) is 3.74. The first kappa shape index (κ1) is 16.5. The smallest absolute Gasteiger partial charge is 0.175 e. The number of rotatable bonds is 5. The monoisotopic (exact) mass is 387 g/mol. The van der Waals surface area contributed by atoms with Gasteiger partial charge < -0.3 is 5.32 Å². The predicted molar refractivity (Wildman–Crippen MR) is 89.2 cm³/mol. The van der Waals surface area contributed by atoms with E-state index in [1.54, 1.807) is 18.2 Å². The Bertz CT molecular complexity index is 747. The number of benzene rings is 2. The molecule has 0 fully saturated rings. The summed E-state index contributed by atoms with van der Waals surface area (Å²) in [6, 6.07) is 12.9. The quantitative estimate of drug-likeness (QED) is 0.847. The fraction of sp³-hybridized carbons (Fsp3) is 0.200. The van der Waals surface area contributed by atoms with E-state index in [2.05, 4.69) is 21.2 Å². The van der Waals surface area contributed by atoms with Crippen molar-refractivity contribution >= 4 is 37.4 Å². The molecule has 0 saturated carbocycles.